The van der Waals surface area contributed by atoms with Crippen molar-refractivity contribution < 1.29 is 4.74 Å². The van der Waals surface area contributed by atoms with Gasteiger partial charge in [0.15, 0.2) is 0 Å². The van der Waals surface area contributed by atoms with Gasteiger partial charge >= 0.3 is 0 Å². The largest absolute Gasteiger partial charge is 0.497 e. The van der Waals surface area contributed by atoms with Gasteiger partial charge in [0.1, 0.15) is 11.6 Å². The van der Waals surface area contributed by atoms with E-state index in [0.717, 1.165) is 31.2 Å². The number of hydrogen-bond donors (Lipinski definition) is 1. The lowest BCUT2D eigenvalue weighted by molar-refractivity contribution is 0.401. The number of fused-ring (bicyclic) bond motifs is 1. The van der Waals surface area contributed by atoms with E-state index in [1.807, 2.05) is 19.3 Å². The van der Waals surface area contributed by atoms with Gasteiger partial charge in [-0.15, -0.1) is 0 Å². The third-order valence-electron chi connectivity index (χ3n) is 4.26. The Bertz CT molecular complexity index is 612. The Morgan fingerprint density at radius 2 is 2.29 bits per heavy atom. The van der Waals surface area contributed by atoms with Crippen molar-refractivity contribution in [1.82, 2.24) is 10.3 Å². The monoisotopic (exact) mass is 285 g/mol. The maximum atomic E-state index is 5.31. The van der Waals surface area contributed by atoms with Crippen LogP contribution in [0.2, 0.25) is 0 Å². The van der Waals surface area contributed by atoms with Gasteiger partial charge in [0.25, 0.3) is 0 Å². The third-order valence-corrected chi connectivity index (χ3v) is 4.26. The van der Waals surface area contributed by atoms with Gasteiger partial charge in [-0.05, 0) is 62.0 Å². The lowest BCUT2D eigenvalue weighted by Gasteiger charge is -2.34. The van der Waals surface area contributed by atoms with Crippen LogP contribution in [0.15, 0.2) is 30.5 Å². The lowest BCUT2D eigenvalue weighted by Crippen LogP contribution is -2.39. The van der Waals surface area contributed by atoms with Crippen LogP contribution in [0.4, 0.5) is 5.82 Å². The van der Waals surface area contributed by atoms with E-state index in [9.17, 15) is 0 Å². The Balaban J connectivity index is 1.92. The molecule has 0 bridgehead atoms. The SMILES string of the molecule is CNCC1CCCN(c2nccc3cc(OC)ccc23)C1. The molecule has 21 heavy (non-hydrogen) atoms. The molecule has 0 spiro atoms. The van der Waals surface area contributed by atoms with Gasteiger partial charge in [-0.2, -0.15) is 0 Å². The lowest BCUT2D eigenvalue weighted by atomic mass is 9.97. The molecule has 112 valence electrons. The van der Waals surface area contributed by atoms with Crippen molar-refractivity contribution in [3.05, 3.63) is 30.5 Å². The van der Waals surface area contributed by atoms with Crippen LogP contribution in [0.1, 0.15) is 12.8 Å². The van der Waals surface area contributed by atoms with Crippen LogP contribution >= 0.6 is 0 Å². The molecule has 1 aliphatic heterocycles. The van der Waals surface area contributed by atoms with Crippen molar-refractivity contribution in [2.45, 2.75) is 12.8 Å². The molecule has 1 saturated heterocycles. The highest BCUT2D eigenvalue weighted by Gasteiger charge is 2.21. The van der Waals surface area contributed by atoms with E-state index in [2.05, 4.69) is 33.4 Å². The standard InChI is InChI=1S/C17H23N3O/c1-18-11-13-4-3-9-20(12-13)17-16-6-5-15(21-2)10-14(16)7-8-19-17/h5-8,10,13,18H,3-4,9,11-12H2,1-2H3. The van der Waals surface area contributed by atoms with Gasteiger partial charge in [0.05, 0.1) is 7.11 Å². The molecule has 0 radical (unpaired) electrons. The van der Waals surface area contributed by atoms with Crippen molar-refractivity contribution in [1.29, 1.82) is 0 Å². The Hall–Kier alpha value is -1.81. The zero-order valence-corrected chi connectivity index (χ0v) is 12.8. The van der Waals surface area contributed by atoms with Crippen LogP contribution in [0.25, 0.3) is 10.8 Å². The van der Waals surface area contributed by atoms with Crippen molar-refractivity contribution in [2.24, 2.45) is 5.92 Å². The number of rotatable bonds is 4. The Morgan fingerprint density at radius 3 is 3.10 bits per heavy atom. The second kappa shape index (κ2) is 6.31. The summed E-state index contributed by atoms with van der Waals surface area (Å²) >= 11 is 0. The maximum Gasteiger partial charge on any atom is 0.136 e. The predicted octanol–water partition coefficient (Wildman–Crippen LogP) is 2.68. The number of ether oxygens (including phenoxy) is 1. The molecule has 1 unspecified atom stereocenters. The molecule has 4 nitrogen and oxygen atoms in total. The van der Waals surface area contributed by atoms with Crippen LogP contribution in [-0.2, 0) is 0 Å². The molecule has 1 fully saturated rings. The quantitative estimate of drug-likeness (QED) is 0.937. The predicted molar refractivity (Wildman–Crippen MR) is 87.2 cm³/mol. The van der Waals surface area contributed by atoms with Gasteiger partial charge in [0.2, 0.25) is 0 Å². The first-order chi connectivity index (χ1) is 10.3. The fourth-order valence-electron chi connectivity index (χ4n) is 3.23. The molecule has 0 saturated carbocycles. The van der Waals surface area contributed by atoms with Crippen molar-refractivity contribution in [3.63, 3.8) is 0 Å². The van der Waals surface area contributed by atoms with E-state index in [0.29, 0.717) is 5.92 Å². The first-order valence-electron chi connectivity index (χ1n) is 7.64. The fourth-order valence-corrected chi connectivity index (χ4v) is 3.23. The molecule has 1 aliphatic rings. The van der Waals surface area contributed by atoms with Gasteiger partial charge < -0.3 is 15.0 Å². The second-order valence-electron chi connectivity index (χ2n) is 5.73. The van der Waals surface area contributed by atoms with E-state index >= 15 is 0 Å². The average molecular weight is 285 g/mol. The zero-order valence-electron chi connectivity index (χ0n) is 12.8. The molecule has 1 N–H and O–H groups in total. The molecular weight excluding hydrogens is 262 g/mol. The number of aromatic nitrogens is 1. The summed E-state index contributed by atoms with van der Waals surface area (Å²) in [7, 11) is 3.73. The van der Waals surface area contributed by atoms with E-state index < -0.39 is 0 Å². The van der Waals surface area contributed by atoms with Crippen molar-refractivity contribution >= 4 is 16.6 Å². The number of nitrogens with zero attached hydrogens (tertiary/aromatic N) is 2. The number of nitrogens with one attached hydrogen (secondary N) is 1. The van der Waals surface area contributed by atoms with Gasteiger partial charge in [0, 0.05) is 24.7 Å². The minimum Gasteiger partial charge on any atom is -0.497 e. The van der Waals surface area contributed by atoms with Crippen LogP contribution in [-0.4, -0.2) is 38.8 Å². The van der Waals surface area contributed by atoms with Crippen LogP contribution in [0.3, 0.4) is 0 Å². The van der Waals surface area contributed by atoms with Crippen LogP contribution in [0.5, 0.6) is 5.75 Å². The van der Waals surface area contributed by atoms with E-state index in [1.54, 1.807) is 7.11 Å². The molecule has 3 rings (SSSR count). The summed E-state index contributed by atoms with van der Waals surface area (Å²) in [4.78, 5) is 7.08. The van der Waals surface area contributed by atoms with E-state index in [-0.39, 0.29) is 0 Å². The molecule has 0 aliphatic carbocycles. The molecule has 1 aromatic heterocycles. The smallest absolute Gasteiger partial charge is 0.136 e. The molecule has 0 amide bonds. The number of pyridine rings is 1. The number of anilines is 1. The summed E-state index contributed by atoms with van der Waals surface area (Å²) in [6.07, 6.45) is 4.44. The van der Waals surface area contributed by atoms with Crippen molar-refractivity contribution in [3.8, 4) is 5.75 Å². The fraction of sp³-hybridized carbons (Fsp3) is 0.471. The number of benzene rings is 1. The zero-order chi connectivity index (χ0) is 14.7. The minimum absolute atomic E-state index is 0.707. The molecule has 2 heterocycles. The number of methoxy groups -OCH3 is 1. The van der Waals surface area contributed by atoms with Crippen molar-refractivity contribution in [2.75, 3.05) is 38.7 Å². The Morgan fingerprint density at radius 1 is 1.38 bits per heavy atom. The number of hydrogen-bond acceptors (Lipinski definition) is 4. The second-order valence-corrected chi connectivity index (χ2v) is 5.73. The topological polar surface area (TPSA) is 37.4 Å². The number of piperidine rings is 1. The summed E-state index contributed by atoms with van der Waals surface area (Å²) in [5.74, 6) is 2.71. The molecule has 1 aromatic carbocycles. The highest BCUT2D eigenvalue weighted by molar-refractivity contribution is 5.93. The molecular formula is C17H23N3O. The summed E-state index contributed by atoms with van der Waals surface area (Å²) < 4.78 is 5.31. The van der Waals surface area contributed by atoms with Gasteiger partial charge in [-0.25, -0.2) is 4.98 Å². The van der Waals surface area contributed by atoms with Crippen LogP contribution < -0.4 is 15.0 Å². The summed E-state index contributed by atoms with van der Waals surface area (Å²) in [5.41, 5.74) is 0. The van der Waals surface area contributed by atoms with Gasteiger partial charge in [-0.1, -0.05) is 0 Å². The van der Waals surface area contributed by atoms with Crippen LogP contribution in [0, 0.1) is 5.92 Å². The average Bonchev–Trinajstić information content (AvgIpc) is 2.54. The highest BCUT2D eigenvalue weighted by atomic mass is 16.5. The Labute approximate surface area is 126 Å². The molecule has 4 heteroatoms. The van der Waals surface area contributed by atoms with E-state index in [4.69, 9.17) is 4.74 Å². The molecule has 1 atom stereocenters. The summed E-state index contributed by atoms with van der Waals surface area (Å²) in [6.45, 7) is 3.26. The third kappa shape index (κ3) is 2.95. The summed E-state index contributed by atoms with van der Waals surface area (Å²) in [6, 6.07) is 8.27. The first kappa shape index (κ1) is 14.1. The Kier molecular flexibility index (Phi) is 4.25. The minimum atomic E-state index is 0.707. The van der Waals surface area contributed by atoms with Gasteiger partial charge in [-0.3, -0.25) is 0 Å². The maximum absolute atomic E-state index is 5.31. The molecule has 2 aromatic rings. The summed E-state index contributed by atoms with van der Waals surface area (Å²) in [5, 5.41) is 5.70. The first-order valence-corrected chi connectivity index (χ1v) is 7.64. The highest BCUT2D eigenvalue weighted by Crippen LogP contribution is 2.30. The van der Waals surface area contributed by atoms with E-state index in [1.165, 1.54) is 23.6 Å². The normalized spacial score (nSPS) is 19.0.